The number of benzene rings is 5. The maximum absolute atomic E-state index is 2.48. The summed E-state index contributed by atoms with van der Waals surface area (Å²) in [4.78, 5) is 2.46. The number of thiophene rings is 1. The van der Waals surface area contributed by atoms with Crippen LogP contribution in [0.1, 0.15) is 43.6 Å². The first-order valence-corrected chi connectivity index (χ1v) is 25.0. The van der Waals surface area contributed by atoms with Gasteiger partial charge < -0.3 is 4.90 Å². The Morgan fingerprint density at radius 3 is 1.74 bits per heavy atom. The van der Waals surface area contributed by atoms with Crippen LogP contribution in [0.3, 0.4) is 0 Å². The van der Waals surface area contributed by atoms with Gasteiger partial charge in [-0.05, 0) is 77.9 Å². The standard InChI is InChI=1S/C42H47NSSi2/c1-45(2,3)40-17-12-18-41(46(4,5)6)42(40)32-21-25-34(26-22-32)43(33-23-19-31(20-24-33)30-13-8-7-9-14-30)35-27-28-37-36-15-10-11-16-38(36)44-39(37)29-35/h10-12,15-30H,7-9,13-14H2,1-6H3. The smallest absolute Gasteiger partial charge is 0.0784 e. The second kappa shape index (κ2) is 12.3. The van der Waals surface area contributed by atoms with Gasteiger partial charge in [0.05, 0.1) is 16.1 Å². The molecule has 1 nitrogen and oxygen atoms in total. The molecule has 5 aromatic carbocycles. The van der Waals surface area contributed by atoms with Crippen LogP contribution in [0.25, 0.3) is 31.3 Å². The van der Waals surface area contributed by atoms with Crippen molar-refractivity contribution in [2.75, 3.05) is 4.90 Å². The average molecular weight is 654 g/mol. The maximum atomic E-state index is 2.48. The van der Waals surface area contributed by atoms with Crippen molar-refractivity contribution in [3.8, 4) is 11.1 Å². The first-order chi connectivity index (χ1) is 22.1. The van der Waals surface area contributed by atoms with Gasteiger partial charge in [0.2, 0.25) is 0 Å². The predicted octanol–water partition coefficient (Wildman–Crippen LogP) is 12.3. The van der Waals surface area contributed by atoms with Crippen LogP contribution < -0.4 is 15.3 Å². The van der Waals surface area contributed by atoms with Crippen LogP contribution in [0, 0.1) is 0 Å². The second-order valence-corrected chi connectivity index (χ2v) is 26.5. The SMILES string of the molecule is C[Si](C)(C)c1cccc([Si](C)(C)C)c1-c1ccc(N(c2ccc(C3CCCCC3)cc2)c2ccc3c(c2)sc2ccccc23)cc1. The van der Waals surface area contributed by atoms with E-state index in [4.69, 9.17) is 0 Å². The summed E-state index contributed by atoms with van der Waals surface area (Å²) in [6.45, 7) is 14.9. The monoisotopic (exact) mass is 653 g/mol. The molecule has 0 aliphatic heterocycles. The van der Waals surface area contributed by atoms with E-state index in [9.17, 15) is 0 Å². The van der Waals surface area contributed by atoms with Gasteiger partial charge in [-0.15, -0.1) is 11.3 Å². The van der Waals surface area contributed by atoms with E-state index in [0.717, 1.165) is 0 Å². The number of nitrogens with zero attached hydrogens (tertiary/aromatic N) is 1. The van der Waals surface area contributed by atoms with Crippen molar-refractivity contribution < 1.29 is 0 Å². The van der Waals surface area contributed by atoms with E-state index in [-0.39, 0.29) is 0 Å². The molecule has 1 aromatic heterocycles. The molecule has 6 aromatic rings. The fraction of sp³-hybridized carbons (Fsp3) is 0.286. The lowest BCUT2D eigenvalue weighted by molar-refractivity contribution is 0.443. The molecule has 1 aliphatic rings. The lowest BCUT2D eigenvalue weighted by atomic mass is 9.84. The number of fused-ring (bicyclic) bond motifs is 3. The van der Waals surface area contributed by atoms with Crippen molar-refractivity contribution in [1.29, 1.82) is 0 Å². The zero-order chi connectivity index (χ0) is 32.1. The molecule has 0 N–H and O–H groups in total. The highest BCUT2D eigenvalue weighted by molar-refractivity contribution is 7.25. The Bertz CT molecular complexity index is 1950. The van der Waals surface area contributed by atoms with Gasteiger partial charge in [0.1, 0.15) is 0 Å². The van der Waals surface area contributed by atoms with Crippen LogP contribution in [0.2, 0.25) is 39.3 Å². The fourth-order valence-corrected chi connectivity index (χ4v) is 12.0. The van der Waals surface area contributed by atoms with E-state index in [0.29, 0.717) is 5.92 Å². The Labute approximate surface area is 282 Å². The minimum Gasteiger partial charge on any atom is -0.310 e. The third-order valence-corrected chi connectivity index (χ3v) is 15.1. The van der Waals surface area contributed by atoms with Gasteiger partial charge in [0.25, 0.3) is 0 Å². The topological polar surface area (TPSA) is 3.24 Å². The molecule has 1 aliphatic carbocycles. The van der Waals surface area contributed by atoms with Crippen molar-refractivity contribution in [2.24, 2.45) is 0 Å². The van der Waals surface area contributed by atoms with Crippen LogP contribution >= 0.6 is 11.3 Å². The van der Waals surface area contributed by atoms with E-state index >= 15 is 0 Å². The molecule has 1 fully saturated rings. The first-order valence-electron chi connectivity index (χ1n) is 17.1. The summed E-state index contributed by atoms with van der Waals surface area (Å²) in [6.07, 6.45) is 6.76. The van der Waals surface area contributed by atoms with Gasteiger partial charge in [-0.1, -0.05) is 136 Å². The molecular weight excluding hydrogens is 607 g/mol. The van der Waals surface area contributed by atoms with E-state index in [1.54, 1.807) is 10.4 Å². The van der Waals surface area contributed by atoms with Crippen molar-refractivity contribution in [2.45, 2.75) is 77.3 Å². The van der Waals surface area contributed by atoms with E-state index in [2.05, 4.69) is 153 Å². The van der Waals surface area contributed by atoms with Gasteiger partial charge in [0.15, 0.2) is 0 Å². The molecule has 0 spiro atoms. The Kier molecular flexibility index (Phi) is 8.33. The molecule has 0 bridgehead atoms. The Morgan fingerprint density at radius 2 is 1.11 bits per heavy atom. The molecule has 1 saturated carbocycles. The molecule has 0 radical (unpaired) electrons. The summed E-state index contributed by atoms with van der Waals surface area (Å²) in [5, 5.41) is 5.84. The lowest BCUT2D eigenvalue weighted by Crippen LogP contribution is -2.47. The van der Waals surface area contributed by atoms with Gasteiger partial charge in [0, 0.05) is 37.2 Å². The largest absolute Gasteiger partial charge is 0.310 e. The number of hydrogen-bond acceptors (Lipinski definition) is 2. The normalized spacial score (nSPS) is 14.7. The summed E-state index contributed by atoms with van der Waals surface area (Å²) in [7, 11) is -3.12. The second-order valence-electron chi connectivity index (χ2n) is 15.3. The summed E-state index contributed by atoms with van der Waals surface area (Å²) >= 11 is 1.89. The van der Waals surface area contributed by atoms with Gasteiger partial charge >= 0.3 is 0 Å². The van der Waals surface area contributed by atoms with Crippen molar-refractivity contribution in [3.05, 3.63) is 115 Å². The van der Waals surface area contributed by atoms with Crippen LogP contribution in [-0.4, -0.2) is 16.1 Å². The van der Waals surface area contributed by atoms with Crippen LogP contribution in [0.15, 0.2) is 109 Å². The molecule has 1 heterocycles. The number of hydrogen-bond donors (Lipinski definition) is 0. The highest BCUT2D eigenvalue weighted by Crippen LogP contribution is 2.42. The van der Waals surface area contributed by atoms with Crippen LogP contribution in [-0.2, 0) is 0 Å². The molecule has 0 saturated heterocycles. The van der Waals surface area contributed by atoms with Gasteiger partial charge in [-0.2, -0.15) is 0 Å². The first kappa shape index (κ1) is 31.2. The van der Waals surface area contributed by atoms with Crippen molar-refractivity contribution >= 4 is 75.1 Å². The van der Waals surface area contributed by atoms with Crippen LogP contribution in [0.4, 0.5) is 17.1 Å². The summed E-state index contributed by atoms with van der Waals surface area (Å²) in [5.41, 5.74) is 7.99. The van der Waals surface area contributed by atoms with Crippen LogP contribution in [0.5, 0.6) is 0 Å². The fourth-order valence-electron chi connectivity index (χ4n) is 7.52. The highest BCUT2D eigenvalue weighted by Gasteiger charge is 2.28. The molecule has 4 heteroatoms. The molecule has 0 atom stereocenters. The Hall–Kier alpha value is -3.45. The maximum Gasteiger partial charge on any atom is 0.0784 e. The zero-order valence-electron chi connectivity index (χ0n) is 28.4. The molecule has 7 rings (SSSR count). The van der Waals surface area contributed by atoms with E-state index in [1.165, 1.54) is 86.0 Å². The third kappa shape index (κ3) is 6.03. The number of rotatable bonds is 7. The van der Waals surface area contributed by atoms with Gasteiger partial charge in [-0.25, -0.2) is 0 Å². The van der Waals surface area contributed by atoms with E-state index in [1.807, 2.05) is 11.3 Å². The Balaban J connectivity index is 1.34. The quantitative estimate of drug-likeness (QED) is 0.155. The van der Waals surface area contributed by atoms with Crippen molar-refractivity contribution in [1.82, 2.24) is 0 Å². The van der Waals surface area contributed by atoms with E-state index < -0.39 is 16.1 Å². The molecular formula is C42H47NSSi2. The summed E-state index contributed by atoms with van der Waals surface area (Å²) in [6, 6.07) is 41.9. The zero-order valence-corrected chi connectivity index (χ0v) is 31.2. The molecule has 0 unspecified atom stereocenters. The third-order valence-electron chi connectivity index (χ3n) is 9.94. The molecule has 46 heavy (non-hydrogen) atoms. The minimum atomic E-state index is -1.56. The summed E-state index contributed by atoms with van der Waals surface area (Å²) < 4.78 is 2.68. The predicted molar refractivity (Wildman–Crippen MR) is 211 cm³/mol. The number of anilines is 3. The molecule has 234 valence electrons. The Morgan fingerprint density at radius 1 is 0.543 bits per heavy atom. The highest BCUT2D eigenvalue weighted by atomic mass is 32.1. The summed E-state index contributed by atoms with van der Waals surface area (Å²) in [5.74, 6) is 0.706. The van der Waals surface area contributed by atoms with Gasteiger partial charge in [-0.3, -0.25) is 0 Å². The average Bonchev–Trinajstić information content (AvgIpc) is 3.43. The van der Waals surface area contributed by atoms with Crippen molar-refractivity contribution in [3.63, 3.8) is 0 Å². The molecule has 0 amide bonds. The minimum absolute atomic E-state index is 0.706. The lowest BCUT2D eigenvalue weighted by Gasteiger charge is -2.29.